The molecule has 0 unspecified atom stereocenters. The van der Waals surface area contributed by atoms with Gasteiger partial charge in [-0.05, 0) is 0 Å². The molecule has 1 nitrogen and oxygen atoms in total. The number of fused-ring (bicyclic) bond motifs is 1. The Balaban J connectivity index is 2.01. The summed E-state index contributed by atoms with van der Waals surface area (Å²) in [4.78, 5) is 0. The monoisotopic (exact) mass is 335 g/mol. The molecule has 2 aromatic carbocycles. The molecule has 0 aromatic heterocycles. The first-order valence-electron chi connectivity index (χ1n) is 5.71. The Morgan fingerprint density at radius 1 is 1.00 bits per heavy atom. The van der Waals surface area contributed by atoms with Gasteiger partial charge in [0.15, 0.2) is 0 Å². The zero-order valence-electron chi connectivity index (χ0n) is 9.73. The molecule has 0 atom stereocenters. The number of aryl methyl sites for hydroxylation is 1. The maximum atomic E-state index is 2.45. The number of hydrogen-bond acceptors (Lipinski definition) is 0. The first-order chi connectivity index (χ1) is 8.33. The minimum absolute atomic E-state index is 0.0490. The molecule has 0 saturated heterocycles. The standard InChI is InChI=1S/C15H14IN/c1-12-6-8-15(9-7-12)17-11-14-5-3-2-4-13(14)10-16-17/h2-9,11H,10H2,1H3. The third-order valence-electron chi connectivity index (χ3n) is 2.92. The van der Waals surface area contributed by atoms with Gasteiger partial charge in [-0.2, -0.15) is 0 Å². The Kier molecular flexibility index (Phi) is 2.97. The molecule has 0 N–H and O–H groups in total. The van der Waals surface area contributed by atoms with E-state index in [4.69, 9.17) is 0 Å². The van der Waals surface area contributed by atoms with E-state index >= 15 is 0 Å². The van der Waals surface area contributed by atoms with Crippen LogP contribution in [0.5, 0.6) is 0 Å². The van der Waals surface area contributed by atoms with Crippen molar-refractivity contribution in [3.05, 3.63) is 65.2 Å². The van der Waals surface area contributed by atoms with Crippen molar-refractivity contribution >= 4 is 11.9 Å². The third kappa shape index (κ3) is 2.27. The molecule has 3 rings (SSSR count). The van der Waals surface area contributed by atoms with Crippen molar-refractivity contribution in [1.29, 1.82) is 0 Å². The van der Waals surface area contributed by atoms with Gasteiger partial charge in [0, 0.05) is 0 Å². The molecule has 1 aliphatic heterocycles. The quantitative estimate of drug-likeness (QED) is 0.400. The van der Waals surface area contributed by atoms with Crippen LogP contribution in [0.25, 0.3) is 0 Å². The van der Waals surface area contributed by atoms with Gasteiger partial charge in [0.1, 0.15) is 0 Å². The van der Waals surface area contributed by atoms with E-state index in [0.717, 1.165) is 0 Å². The predicted octanol–water partition coefficient (Wildman–Crippen LogP) is 0.276. The first kappa shape index (κ1) is 11.0. The fourth-order valence-electron chi connectivity index (χ4n) is 1.90. The molecule has 0 spiro atoms. The molecule has 2 heteroatoms. The second-order valence-corrected chi connectivity index (χ2v) is 6.71. The van der Waals surface area contributed by atoms with Crippen LogP contribution in [0.2, 0.25) is 0 Å². The van der Waals surface area contributed by atoms with Crippen LogP contribution < -0.4 is 21.5 Å². The van der Waals surface area contributed by atoms with E-state index in [9.17, 15) is 0 Å². The van der Waals surface area contributed by atoms with Crippen molar-refractivity contribution in [3.8, 4) is 0 Å². The van der Waals surface area contributed by atoms with Crippen molar-refractivity contribution in [2.45, 2.75) is 11.4 Å². The Hall–Kier alpha value is -1.16. The molecule has 86 valence electrons. The van der Waals surface area contributed by atoms with Gasteiger partial charge >= 0.3 is 113 Å². The average Bonchev–Trinajstić information content (AvgIpc) is 2.39. The average molecular weight is 335 g/mol. The van der Waals surface area contributed by atoms with E-state index in [1.165, 1.54) is 26.8 Å². The summed E-state index contributed by atoms with van der Waals surface area (Å²) in [6.45, 7) is 2.13. The second kappa shape index (κ2) is 4.61. The molecule has 0 amide bonds. The summed E-state index contributed by atoms with van der Waals surface area (Å²) < 4.78 is 3.68. The molecule has 1 heterocycles. The van der Waals surface area contributed by atoms with Crippen molar-refractivity contribution in [2.75, 3.05) is 0 Å². The van der Waals surface area contributed by atoms with Crippen LogP contribution in [0.4, 0.5) is 5.69 Å². The van der Waals surface area contributed by atoms with Gasteiger partial charge in [-0.3, -0.25) is 0 Å². The third-order valence-corrected chi connectivity index (χ3v) is 5.65. The van der Waals surface area contributed by atoms with Crippen molar-refractivity contribution < 1.29 is 24.3 Å². The number of nitrogens with zero attached hydrogens (tertiary/aromatic N) is 1. The van der Waals surface area contributed by atoms with Gasteiger partial charge in [-0.25, -0.2) is 0 Å². The van der Waals surface area contributed by atoms with E-state index in [0.29, 0.717) is 0 Å². The maximum absolute atomic E-state index is 2.45. The second-order valence-electron chi connectivity index (χ2n) is 4.23. The summed E-state index contributed by atoms with van der Waals surface area (Å²) >= 11 is 0.0490. The van der Waals surface area contributed by atoms with E-state index < -0.39 is 0 Å². The van der Waals surface area contributed by atoms with E-state index in [2.05, 4.69) is 64.5 Å². The van der Waals surface area contributed by atoms with Crippen LogP contribution in [0.15, 0.2) is 48.5 Å². The van der Waals surface area contributed by atoms with Crippen LogP contribution in [-0.2, 0) is 4.43 Å². The van der Waals surface area contributed by atoms with E-state index in [1.54, 1.807) is 0 Å². The Labute approximate surface area is 112 Å². The molecular formula is C15H14IN. The Bertz CT molecular complexity index is 570. The van der Waals surface area contributed by atoms with Crippen molar-refractivity contribution in [2.24, 2.45) is 0 Å². The summed E-state index contributed by atoms with van der Waals surface area (Å²) in [7, 11) is 0. The number of alkyl halides is 1. The number of hydrogen-bond donors (Lipinski definition) is 0. The molecule has 0 fully saturated rings. The zero-order valence-corrected chi connectivity index (χ0v) is 11.9. The van der Waals surface area contributed by atoms with Crippen LogP contribution in [0, 0.1) is 6.92 Å². The summed E-state index contributed by atoms with van der Waals surface area (Å²) in [5, 5.41) is 0. The molecular weight excluding hydrogens is 321 g/mol. The van der Waals surface area contributed by atoms with E-state index in [1.807, 2.05) is 0 Å². The van der Waals surface area contributed by atoms with E-state index in [-0.39, 0.29) is 21.5 Å². The first-order valence-corrected chi connectivity index (χ1v) is 8.20. The SMILES string of the molecule is Cc1ccc([N+]2=Cc3ccccc3C[I-]2)cc1. The summed E-state index contributed by atoms with van der Waals surface area (Å²) in [5.74, 6) is 0. The van der Waals surface area contributed by atoms with Gasteiger partial charge in [-0.15, -0.1) is 0 Å². The molecule has 0 bridgehead atoms. The number of halogens is 1. The molecule has 2 aromatic rings. The fraction of sp³-hybridized carbons (Fsp3) is 0.133. The molecule has 0 saturated carbocycles. The van der Waals surface area contributed by atoms with Gasteiger partial charge in [0.25, 0.3) is 0 Å². The molecule has 1 aliphatic rings. The number of benzene rings is 2. The summed E-state index contributed by atoms with van der Waals surface area (Å²) in [5.41, 5.74) is 5.53. The minimum atomic E-state index is 0.0490. The Morgan fingerprint density at radius 2 is 1.76 bits per heavy atom. The topological polar surface area (TPSA) is 3.01 Å². The fourth-order valence-corrected chi connectivity index (χ4v) is 4.54. The summed E-state index contributed by atoms with van der Waals surface area (Å²) in [6.07, 6.45) is 2.30. The van der Waals surface area contributed by atoms with Crippen LogP contribution in [-0.4, -0.2) is 9.00 Å². The number of rotatable bonds is 1. The zero-order chi connectivity index (χ0) is 11.7. The normalized spacial score (nSPS) is 14.5. The van der Waals surface area contributed by atoms with Gasteiger partial charge in [0.2, 0.25) is 0 Å². The molecule has 0 aliphatic carbocycles. The van der Waals surface area contributed by atoms with Crippen LogP contribution >= 0.6 is 0 Å². The van der Waals surface area contributed by atoms with Crippen LogP contribution in [0.1, 0.15) is 16.7 Å². The predicted molar refractivity (Wildman–Crippen MR) is 66.4 cm³/mol. The van der Waals surface area contributed by atoms with Gasteiger partial charge in [0.05, 0.1) is 0 Å². The molecule has 17 heavy (non-hydrogen) atoms. The van der Waals surface area contributed by atoms with Crippen LogP contribution in [0.3, 0.4) is 0 Å². The van der Waals surface area contributed by atoms with Gasteiger partial charge in [-0.1, -0.05) is 0 Å². The molecule has 0 radical (unpaired) electrons. The van der Waals surface area contributed by atoms with Crippen molar-refractivity contribution in [1.82, 2.24) is 0 Å². The summed E-state index contributed by atoms with van der Waals surface area (Å²) in [6, 6.07) is 17.5. The van der Waals surface area contributed by atoms with Gasteiger partial charge < -0.3 is 0 Å². The van der Waals surface area contributed by atoms with Crippen molar-refractivity contribution in [3.63, 3.8) is 0 Å². The Morgan fingerprint density at radius 3 is 2.59 bits per heavy atom.